The molecule has 2 atom stereocenters. The number of aryl methyl sites for hydroxylation is 1. The lowest BCUT2D eigenvalue weighted by Crippen LogP contribution is -2.34. The number of aliphatic hydroxyl groups excluding tert-OH is 1. The minimum absolute atomic E-state index is 0.143. The van der Waals surface area contributed by atoms with Gasteiger partial charge in [-0.15, -0.1) is 0 Å². The van der Waals surface area contributed by atoms with Crippen LogP contribution in [0.2, 0.25) is 0 Å². The van der Waals surface area contributed by atoms with Crippen molar-refractivity contribution in [2.45, 2.75) is 44.9 Å². The van der Waals surface area contributed by atoms with Crippen molar-refractivity contribution < 1.29 is 5.11 Å². The lowest BCUT2D eigenvalue weighted by atomic mass is 10.1. The van der Waals surface area contributed by atoms with Gasteiger partial charge in [-0.25, -0.2) is 0 Å². The SMILES string of the molecule is Cc1ccc(CNC2CCCC2O)cc1. The summed E-state index contributed by atoms with van der Waals surface area (Å²) in [5.41, 5.74) is 2.58. The highest BCUT2D eigenvalue weighted by atomic mass is 16.3. The van der Waals surface area contributed by atoms with E-state index in [1.54, 1.807) is 0 Å². The largest absolute Gasteiger partial charge is 0.392 e. The second-order valence-corrected chi connectivity index (χ2v) is 4.47. The minimum Gasteiger partial charge on any atom is -0.392 e. The summed E-state index contributed by atoms with van der Waals surface area (Å²) in [6, 6.07) is 8.84. The number of hydrogen-bond donors (Lipinski definition) is 2. The van der Waals surface area contributed by atoms with Crippen LogP contribution < -0.4 is 5.32 Å². The van der Waals surface area contributed by atoms with Crippen LogP contribution in [-0.2, 0) is 6.54 Å². The summed E-state index contributed by atoms with van der Waals surface area (Å²) in [7, 11) is 0. The van der Waals surface area contributed by atoms with Crippen LogP contribution in [0.1, 0.15) is 30.4 Å². The van der Waals surface area contributed by atoms with Gasteiger partial charge in [-0.05, 0) is 31.7 Å². The van der Waals surface area contributed by atoms with Crippen LogP contribution in [0.5, 0.6) is 0 Å². The van der Waals surface area contributed by atoms with Crippen LogP contribution in [0.25, 0.3) is 0 Å². The van der Waals surface area contributed by atoms with Crippen molar-refractivity contribution in [2.75, 3.05) is 0 Å². The number of hydrogen-bond acceptors (Lipinski definition) is 2. The topological polar surface area (TPSA) is 32.3 Å². The summed E-state index contributed by atoms with van der Waals surface area (Å²) in [4.78, 5) is 0. The molecule has 1 aliphatic carbocycles. The van der Waals surface area contributed by atoms with Crippen molar-refractivity contribution in [3.05, 3.63) is 35.4 Å². The van der Waals surface area contributed by atoms with Gasteiger partial charge in [-0.3, -0.25) is 0 Å². The first kappa shape index (κ1) is 10.7. The quantitative estimate of drug-likeness (QED) is 0.791. The molecule has 15 heavy (non-hydrogen) atoms. The second kappa shape index (κ2) is 4.77. The normalized spacial score (nSPS) is 25.7. The van der Waals surface area contributed by atoms with E-state index in [2.05, 4.69) is 36.5 Å². The molecule has 0 spiro atoms. The van der Waals surface area contributed by atoms with Gasteiger partial charge in [0.15, 0.2) is 0 Å². The summed E-state index contributed by atoms with van der Waals surface area (Å²) in [5, 5.41) is 13.1. The van der Waals surface area contributed by atoms with Crippen LogP contribution in [-0.4, -0.2) is 17.3 Å². The van der Waals surface area contributed by atoms with Gasteiger partial charge in [0.05, 0.1) is 6.10 Å². The average Bonchev–Trinajstić information content (AvgIpc) is 2.63. The number of aliphatic hydroxyl groups is 1. The molecule has 1 aliphatic rings. The van der Waals surface area contributed by atoms with Gasteiger partial charge in [0.1, 0.15) is 0 Å². The molecule has 2 nitrogen and oxygen atoms in total. The molecule has 0 radical (unpaired) electrons. The number of nitrogens with one attached hydrogen (secondary N) is 1. The Morgan fingerprint density at radius 3 is 2.60 bits per heavy atom. The van der Waals surface area contributed by atoms with E-state index in [0.717, 1.165) is 25.8 Å². The molecule has 1 aromatic carbocycles. The van der Waals surface area contributed by atoms with E-state index in [4.69, 9.17) is 0 Å². The fraction of sp³-hybridized carbons (Fsp3) is 0.538. The summed E-state index contributed by atoms with van der Waals surface area (Å²) in [6.45, 7) is 2.96. The number of benzene rings is 1. The molecule has 0 amide bonds. The molecule has 1 fully saturated rings. The standard InChI is InChI=1S/C13H19NO/c1-10-5-7-11(8-6-10)9-14-12-3-2-4-13(12)15/h5-8,12-15H,2-4,9H2,1H3. The summed E-state index contributed by atoms with van der Waals surface area (Å²) >= 11 is 0. The zero-order valence-corrected chi connectivity index (χ0v) is 9.24. The Kier molecular flexibility index (Phi) is 3.39. The smallest absolute Gasteiger partial charge is 0.0693 e. The fourth-order valence-electron chi connectivity index (χ4n) is 2.13. The van der Waals surface area contributed by atoms with Crippen LogP contribution in [0.4, 0.5) is 0 Å². The molecule has 2 unspecified atom stereocenters. The van der Waals surface area contributed by atoms with E-state index in [0.29, 0.717) is 6.04 Å². The van der Waals surface area contributed by atoms with Gasteiger partial charge in [0.2, 0.25) is 0 Å². The molecule has 0 heterocycles. The lowest BCUT2D eigenvalue weighted by molar-refractivity contribution is 0.148. The highest BCUT2D eigenvalue weighted by molar-refractivity contribution is 5.21. The molecule has 2 N–H and O–H groups in total. The molecule has 2 heteroatoms. The van der Waals surface area contributed by atoms with Gasteiger partial charge in [0, 0.05) is 12.6 Å². The summed E-state index contributed by atoms with van der Waals surface area (Å²) in [5.74, 6) is 0. The molecule has 0 aliphatic heterocycles. The first-order valence-corrected chi connectivity index (χ1v) is 5.73. The van der Waals surface area contributed by atoms with Gasteiger partial charge in [-0.1, -0.05) is 29.8 Å². The summed E-state index contributed by atoms with van der Waals surface area (Å²) < 4.78 is 0. The van der Waals surface area contributed by atoms with Gasteiger partial charge < -0.3 is 10.4 Å². The van der Waals surface area contributed by atoms with Crippen LogP contribution in [0, 0.1) is 6.92 Å². The Hall–Kier alpha value is -0.860. The third-order valence-corrected chi connectivity index (χ3v) is 3.17. The molecular formula is C13H19NO. The maximum absolute atomic E-state index is 9.65. The van der Waals surface area contributed by atoms with E-state index in [-0.39, 0.29) is 6.10 Å². The average molecular weight is 205 g/mol. The minimum atomic E-state index is -0.143. The maximum atomic E-state index is 9.65. The van der Waals surface area contributed by atoms with E-state index in [1.165, 1.54) is 11.1 Å². The van der Waals surface area contributed by atoms with E-state index in [9.17, 15) is 5.11 Å². The maximum Gasteiger partial charge on any atom is 0.0693 e. The molecule has 1 saturated carbocycles. The Morgan fingerprint density at radius 2 is 2.00 bits per heavy atom. The van der Waals surface area contributed by atoms with Crippen molar-refractivity contribution in [3.63, 3.8) is 0 Å². The van der Waals surface area contributed by atoms with Gasteiger partial charge in [-0.2, -0.15) is 0 Å². The molecule has 0 saturated heterocycles. The van der Waals surface area contributed by atoms with Crippen molar-refractivity contribution in [3.8, 4) is 0 Å². The molecule has 0 bridgehead atoms. The highest BCUT2D eigenvalue weighted by Crippen LogP contribution is 2.19. The van der Waals surface area contributed by atoms with Crippen molar-refractivity contribution in [2.24, 2.45) is 0 Å². The van der Waals surface area contributed by atoms with Crippen molar-refractivity contribution in [1.29, 1.82) is 0 Å². The van der Waals surface area contributed by atoms with E-state index >= 15 is 0 Å². The predicted molar refractivity (Wildman–Crippen MR) is 61.7 cm³/mol. The van der Waals surface area contributed by atoms with Gasteiger partial charge in [0.25, 0.3) is 0 Å². The highest BCUT2D eigenvalue weighted by Gasteiger charge is 2.24. The zero-order chi connectivity index (χ0) is 10.7. The third-order valence-electron chi connectivity index (χ3n) is 3.17. The first-order valence-electron chi connectivity index (χ1n) is 5.73. The van der Waals surface area contributed by atoms with E-state index < -0.39 is 0 Å². The van der Waals surface area contributed by atoms with Crippen LogP contribution in [0.3, 0.4) is 0 Å². The monoisotopic (exact) mass is 205 g/mol. The Labute approximate surface area is 91.3 Å². The fourth-order valence-corrected chi connectivity index (χ4v) is 2.13. The molecule has 82 valence electrons. The van der Waals surface area contributed by atoms with E-state index in [1.807, 2.05) is 0 Å². The zero-order valence-electron chi connectivity index (χ0n) is 9.24. The van der Waals surface area contributed by atoms with Gasteiger partial charge >= 0.3 is 0 Å². The van der Waals surface area contributed by atoms with Crippen LogP contribution >= 0.6 is 0 Å². The second-order valence-electron chi connectivity index (χ2n) is 4.47. The Morgan fingerprint density at radius 1 is 1.27 bits per heavy atom. The van der Waals surface area contributed by atoms with Crippen molar-refractivity contribution >= 4 is 0 Å². The molecule has 1 aromatic rings. The predicted octanol–water partition coefficient (Wildman–Crippen LogP) is 2.00. The van der Waals surface area contributed by atoms with Crippen LogP contribution in [0.15, 0.2) is 24.3 Å². The molecular weight excluding hydrogens is 186 g/mol. The molecule has 2 rings (SSSR count). The number of rotatable bonds is 3. The third kappa shape index (κ3) is 2.80. The first-order chi connectivity index (χ1) is 7.25. The lowest BCUT2D eigenvalue weighted by Gasteiger charge is -2.16. The Bertz CT molecular complexity index is 307. The van der Waals surface area contributed by atoms with Crippen molar-refractivity contribution in [1.82, 2.24) is 5.32 Å². The Balaban J connectivity index is 1.85. The molecule has 0 aromatic heterocycles. The summed E-state index contributed by atoms with van der Waals surface area (Å²) in [6.07, 6.45) is 3.06.